The van der Waals surface area contributed by atoms with Crippen LogP contribution in [0.15, 0.2) is 24.5 Å². The molecule has 0 N–H and O–H groups in total. The van der Waals surface area contributed by atoms with Gasteiger partial charge in [0.05, 0.1) is 5.69 Å². The summed E-state index contributed by atoms with van der Waals surface area (Å²) in [4.78, 5) is 7.12. The number of rotatable bonds is 4. The van der Waals surface area contributed by atoms with Gasteiger partial charge in [-0.15, -0.1) is 0 Å². The van der Waals surface area contributed by atoms with Gasteiger partial charge < -0.3 is 9.47 Å². The summed E-state index contributed by atoms with van der Waals surface area (Å²) in [5.74, 6) is 0. The van der Waals surface area contributed by atoms with Crippen molar-refractivity contribution >= 4 is 16.7 Å². The molecule has 2 aromatic heterocycles. The normalized spacial score (nSPS) is 16.2. The molecule has 1 fully saturated rings. The van der Waals surface area contributed by atoms with Crippen LogP contribution in [0.1, 0.15) is 39.0 Å². The monoisotopic (exact) mass is 257 g/mol. The minimum Gasteiger partial charge on any atom is -0.370 e. The molecule has 3 nitrogen and oxygen atoms in total. The maximum atomic E-state index is 4.59. The molecule has 0 atom stereocenters. The molecule has 0 amide bonds. The lowest BCUT2D eigenvalue weighted by Gasteiger charge is -2.28. The van der Waals surface area contributed by atoms with Gasteiger partial charge in [0.1, 0.15) is 5.65 Å². The van der Waals surface area contributed by atoms with Crippen molar-refractivity contribution in [2.45, 2.75) is 45.6 Å². The van der Waals surface area contributed by atoms with Crippen molar-refractivity contribution in [1.29, 1.82) is 0 Å². The quantitative estimate of drug-likeness (QED) is 0.830. The van der Waals surface area contributed by atoms with Crippen LogP contribution in [-0.2, 0) is 6.54 Å². The highest BCUT2D eigenvalue weighted by molar-refractivity contribution is 5.91. The number of pyridine rings is 1. The fraction of sp³-hybridized carbons (Fsp3) is 0.562. The number of hydrogen-bond acceptors (Lipinski definition) is 2. The van der Waals surface area contributed by atoms with E-state index in [1.54, 1.807) is 0 Å². The molecule has 19 heavy (non-hydrogen) atoms. The summed E-state index contributed by atoms with van der Waals surface area (Å²) in [6, 6.07) is 4.27. The van der Waals surface area contributed by atoms with Crippen LogP contribution in [0.25, 0.3) is 11.0 Å². The molecule has 3 heterocycles. The van der Waals surface area contributed by atoms with Crippen molar-refractivity contribution in [2.24, 2.45) is 0 Å². The average Bonchev–Trinajstić information content (AvgIpc) is 2.85. The molecule has 1 saturated heterocycles. The zero-order valence-electron chi connectivity index (χ0n) is 11.8. The van der Waals surface area contributed by atoms with E-state index in [4.69, 9.17) is 0 Å². The Morgan fingerprint density at radius 1 is 1.21 bits per heavy atom. The molecule has 1 aliphatic heterocycles. The molecule has 2 aromatic rings. The second-order valence-electron chi connectivity index (χ2n) is 5.48. The molecule has 0 aliphatic carbocycles. The molecule has 3 heteroatoms. The number of unbranched alkanes of at least 4 members (excludes halogenated alkanes) is 1. The van der Waals surface area contributed by atoms with Crippen LogP contribution in [-0.4, -0.2) is 22.6 Å². The minimum absolute atomic E-state index is 1.08. The SMILES string of the molecule is CCCCn1cc(N2CCCCC2)c2cccnc21. The fourth-order valence-electron chi connectivity index (χ4n) is 2.99. The van der Waals surface area contributed by atoms with Gasteiger partial charge in [-0.1, -0.05) is 13.3 Å². The number of aryl methyl sites for hydroxylation is 1. The van der Waals surface area contributed by atoms with Crippen molar-refractivity contribution in [1.82, 2.24) is 9.55 Å². The smallest absolute Gasteiger partial charge is 0.141 e. The Bertz CT molecular complexity index is 538. The Morgan fingerprint density at radius 2 is 2.05 bits per heavy atom. The van der Waals surface area contributed by atoms with E-state index in [-0.39, 0.29) is 0 Å². The summed E-state index contributed by atoms with van der Waals surface area (Å²) >= 11 is 0. The summed E-state index contributed by atoms with van der Waals surface area (Å²) < 4.78 is 2.34. The van der Waals surface area contributed by atoms with Crippen LogP contribution in [0.3, 0.4) is 0 Å². The summed E-state index contributed by atoms with van der Waals surface area (Å²) in [6.45, 7) is 5.71. The van der Waals surface area contributed by atoms with Crippen LogP contribution in [0.4, 0.5) is 5.69 Å². The number of nitrogens with zero attached hydrogens (tertiary/aromatic N) is 3. The first kappa shape index (κ1) is 12.5. The predicted octanol–water partition coefficient (Wildman–Crippen LogP) is 3.83. The van der Waals surface area contributed by atoms with E-state index >= 15 is 0 Å². The van der Waals surface area contributed by atoms with Gasteiger partial charge in [0.2, 0.25) is 0 Å². The molecular formula is C16H23N3. The van der Waals surface area contributed by atoms with Gasteiger partial charge in [-0.05, 0) is 37.8 Å². The Balaban J connectivity index is 1.98. The largest absolute Gasteiger partial charge is 0.370 e. The second kappa shape index (κ2) is 5.64. The molecule has 0 spiro atoms. The summed E-state index contributed by atoms with van der Waals surface area (Å²) in [7, 11) is 0. The zero-order chi connectivity index (χ0) is 13.1. The molecule has 3 rings (SSSR count). The van der Waals surface area contributed by atoms with Crippen molar-refractivity contribution < 1.29 is 0 Å². The van der Waals surface area contributed by atoms with Crippen LogP contribution in [0, 0.1) is 0 Å². The third-order valence-electron chi connectivity index (χ3n) is 4.06. The van der Waals surface area contributed by atoms with E-state index in [9.17, 15) is 0 Å². The number of anilines is 1. The van der Waals surface area contributed by atoms with Crippen molar-refractivity contribution in [3.63, 3.8) is 0 Å². The van der Waals surface area contributed by atoms with E-state index in [1.165, 1.54) is 56.3 Å². The van der Waals surface area contributed by atoms with Crippen molar-refractivity contribution in [2.75, 3.05) is 18.0 Å². The highest BCUT2D eigenvalue weighted by Crippen LogP contribution is 2.30. The highest BCUT2D eigenvalue weighted by atomic mass is 15.2. The standard InChI is InChI=1S/C16H23N3/c1-2-3-10-19-13-15(18-11-5-4-6-12-18)14-8-7-9-17-16(14)19/h7-9,13H,2-6,10-12H2,1H3. The van der Waals surface area contributed by atoms with Gasteiger partial charge in [-0.2, -0.15) is 0 Å². The third kappa shape index (κ3) is 2.46. The number of fused-ring (bicyclic) bond motifs is 1. The molecule has 102 valence electrons. The lowest BCUT2D eigenvalue weighted by molar-refractivity contribution is 0.577. The minimum atomic E-state index is 1.08. The zero-order valence-corrected chi connectivity index (χ0v) is 11.8. The highest BCUT2D eigenvalue weighted by Gasteiger charge is 2.17. The lowest BCUT2D eigenvalue weighted by Crippen LogP contribution is -2.29. The van der Waals surface area contributed by atoms with E-state index < -0.39 is 0 Å². The lowest BCUT2D eigenvalue weighted by atomic mass is 10.1. The first-order chi connectivity index (χ1) is 9.40. The molecule has 0 saturated carbocycles. The first-order valence-corrected chi connectivity index (χ1v) is 7.59. The van der Waals surface area contributed by atoms with Crippen LogP contribution in [0.2, 0.25) is 0 Å². The molecular weight excluding hydrogens is 234 g/mol. The number of aromatic nitrogens is 2. The first-order valence-electron chi connectivity index (χ1n) is 7.59. The van der Waals surface area contributed by atoms with E-state index in [2.05, 4.69) is 39.7 Å². The third-order valence-corrected chi connectivity index (χ3v) is 4.06. The molecule has 0 bridgehead atoms. The number of hydrogen-bond donors (Lipinski definition) is 0. The average molecular weight is 257 g/mol. The Kier molecular flexibility index (Phi) is 3.72. The Labute approximate surface area is 115 Å². The molecule has 0 aromatic carbocycles. The summed E-state index contributed by atoms with van der Waals surface area (Å²) in [6.07, 6.45) is 10.7. The van der Waals surface area contributed by atoms with E-state index in [0.717, 1.165) is 12.2 Å². The predicted molar refractivity (Wildman–Crippen MR) is 80.7 cm³/mol. The van der Waals surface area contributed by atoms with Gasteiger partial charge in [-0.3, -0.25) is 0 Å². The van der Waals surface area contributed by atoms with Gasteiger partial charge >= 0.3 is 0 Å². The van der Waals surface area contributed by atoms with Crippen LogP contribution in [0.5, 0.6) is 0 Å². The van der Waals surface area contributed by atoms with E-state index in [1.807, 2.05) is 6.20 Å². The van der Waals surface area contributed by atoms with Gasteiger partial charge in [0.15, 0.2) is 0 Å². The molecule has 0 radical (unpaired) electrons. The van der Waals surface area contributed by atoms with Gasteiger partial charge in [0, 0.05) is 37.4 Å². The Hall–Kier alpha value is -1.51. The topological polar surface area (TPSA) is 21.1 Å². The van der Waals surface area contributed by atoms with Crippen LogP contribution >= 0.6 is 0 Å². The molecule has 0 unspecified atom stereocenters. The van der Waals surface area contributed by atoms with E-state index in [0.29, 0.717) is 0 Å². The maximum absolute atomic E-state index is 4.59. The fourth-order valence-corrected chi connectivity index (χ4v) is 2.99. The number of piperidine rings is 1. The second-order valence-corrected chi connectivity index (χ2v) is 5.48. The van der Waals surface area contributed by atoms with Gasteiger partial charge in [0.25, 0.3) is 0 Å². The molecule has 1 aliphatic rings. The van der Waals surface area contributed by atoms with Crippen molar-refractivity contribution in [3.05, 3.63) is 24.5 Å². The maximum Gasteiger partial charge on any atom is 0.141 e. The Morgan fingerprint density at radius 3 is 2.84 bits per heavy atom. The summed E-state index contributed by atoms with van der Waals surface area (Å²) in [5.41, 5.74) is 2.54. The summed E-state index contributed by atoms with van der Waals surface area (Å²) in [5, 5.41) is 1.32. The van der Waals surface area contributed by atoms with Crippen LogP contribution < -0.4 is 4.90 Å². The van der Waals surface area contributed by atoms with Crippen molar-refractivity contribution in [3.8, 4) is 0 Å². The van der Waals surface area contributed by atoms with Gasteiger partial charge in [-0.25, -0.2) is 4.98 Å².